The summed E-state index contributed by atoms with van der Waals surface area (Å²) in [6.07, 6.45) is 1.78. The number of nitrogens with zero attached hydrogens (tertiary/aromatic N) is 1. The monoisotopic (exact) mass is 333 g/mol. The van der Waals surface area contributed by atoms with E-state index < -0.39 is 12.6 Å². The average Bonchev–Trinajstić information content (AvgIpc) is 2.93. The Morgan fingerprint density at radius 3 is 2.96 bits per heavy atom. The Bertz CT molecular complexity index is 892. The number of amides is 1. The van der Waals surface area contributed by atoms with Crippen LogP contribution in [0.1, 0.15) is 22.5 Å². The highest BCUT2D eigenvalue weighted by Gasteiger charge is 2.19. The number of halogens is 2. The third-order valence-electron chi connectivity index (χ3n) is 3.80. The molecule has 0 aliphatic heterocycles. The Hall–Kier alpha value is -2.54. The number of benzene rings is 1. The van der Waals surface area contributed by atoms with E-state index in [0.717, 1.165) is 5.52 Å². The minimum atomic E-state index is -0.501. The third kappa shape index (κ3) is 2.94. The van der Waals surface area contributed by atoms with Gasteiger partial charge in [-0.2, -0.15) is 0 Å². The Kier molecular flexibility index (Phi) is 4.71. The molecule has 1 aromatic carbocycles. The molecule has 2 aromatic heterocycles. The highest BCUT2D eigenvalue weighted by Crippen LogP contribution is 2.30. The van der Waals surface area contributed by atoms with Crippen LogP contribution < -0.4 is 5.32 Å². The minimum absolute atomic E-state index is 0.152. The second-order valence-corrected chi connectivity index (χ2v) is 5.42. The molecule has 0 aliphatic rings. The number of aromatic amines is 1. The molecule has 2 heterocycles. The van der Waals surface area contributed by atoms with Gasteiger partial charge in [0.05, 0.1) is 25.0 Å². The quantitative estimate of drug-likeness (QED) is 0.681. The van der Waals surface area contributed by atoms with Gasteiger partial charge in [0.25, 0.3) is 5.91 Å². The number of pyridine rings is 1. The lowest BCUT2D eigenvalue weighted by Gasteiger charge is -2.10. The van der Waals surface area contributed by atoms with Crippen LogP contribution in [-0.2, 0) is 11.3 Å². The van der Waals surface area contributed by atoms with Crippen molar-refractivity contribution in [1.29, 1.82) is 0 Å². The van der Waals surface area contributed by atoms with Crippen molar-refractivity contribution >= 4 is 27.7 Å². The van der Waals surface area contributed by atoms with Gasteiger partial charge >= 0.3 is 0 Å². The Balaban J connectivity index is 2.15. The Morgan fingerprint density at radius 1 is 1.38 bits per heavy atom. The zero-order valence-electron chi connectivity index (χ0n) is 13.2. The summed E-state index contributed by atoms with van der Waals surface area (Å²) >= 11 is 0. The van der Waals surface area contributed by atoms with E-state index in [9.17, 15) is 13.6 Å². The number of hydrogen-bond acceptors (Lipinski definition) is 3. The highest BCUT2D eigenvalue weighted by atomic mass is 19.1. The highest BCUT2D eigenvalue weighted by molar-refractivity contribution is 6.11. The van der Waals surface area contributed by atoms with Gasteiger partial charge in [-0.05, 0) is 24.6 Å². The number of aromatic nitrogens is 2. The lowest BCUT2D eigenvalue weighted by Crippen LogP contribution is -2.27. The largest absolute Gasteiger partial charge is 0.380 e. The fraction of sp³-hybridized carbons (Fsp3) is 0.294. The van der Waals surface area contributed by atoms with E-state index in [1.54, 1.807) is 6.07 Å². The van der Waals surface area contributed by atoms with Gasteiger partial charge in [-0.15, -0.1) is 0 Å². The number of ether oxygens (including phenoxy) is 1. The summed E-state index contributed by atoms with van der Waals surface area (Å²) in [4.78, 5) is 19.7. The first-order valence-corrected chi connectivity index (χ1v) is 7.57. The normalized spacial score (nSPS) is 11.3. The summed E-state index contributed by atoms with van der Waals surface area (Å²) in [6, 6.07) is 4.42. The predicted molar refractivity (Wildman–Crippen MR) is 87.2 cm³/mol. The lowest BCUT2D eigenvalue weighted by atomic mass is 10.1. The molecule has 0 saturated carbocycles. The van der Waals surface area contributed by atoms with Crippen molar-refractivity contribution in [2.75, 3.05) is 20.3 Å². The predicted octanol–water partition coefficient (Wildman–Crippen LogP) is 3.09. The zero-order valence-corrected chi connectivity index (χ0v) is 13.2. The number of methoxy groups -OCH3 is 1. The van der Waals surface area contributed by atoms with E-state index in [2.05, 4.69) is 15.3 Å². The molecule has 0 bridgehead atoms. The molecule has 0 atom stereocenters. The topological polar surface area (TPSA) is 67.0 Å². The fourth-order valence-corrected chi connectivity index (χ4v) is 2.77. The second-order valence-electron chi connectivity index (χ2n) is 5.42. The molecule has 0 aliphatic carbocycles. The molecule has 5 nitrogen and oxygen atoms in total. The SMILES string of the molecule is COCc1c(C(=O)NCCCF)ncc2[nH]c3ccc(F)cc3c12. The van der Waals surface area contributed by atoms with E-state index in [1.807, 2.05) is 0 Å². The molecule has 0 fully saturated rings. The van der Waals surface area contributed by atoms with Crippen molar-refractivity contribution in [3.05, 3.63) is 41.5 Å². The fourth-order valence-electron chi connectivity index (χ4n) is 2.77. The van der Waals surface area contributed by atoms with E-state index >= 15 is 0 Å². The summed E-state index contributed by atoms with van der Waals surface area (Å²) in [6.45, 7) is -0.122. The number of fused-ring (bicyclic) bond motifs is 3. The van der Waals surface area contributed by atoms with Crippen molar-refractivity contribution in [2.24, 2.45) is 0 Å². The maximum atomic E-state index is 13.6. The van der Waals surface area contributed by atoms with Crippen molar-refractivity contribution in [3.8, 4) is 0 Å². The molecule has 3 rings (SSSR count). The Labute approximate surface area is 137 Å². The van der Waals surface area contributed by atoms with Crippen LogP contribution in [0, 0.1) is 5.82 Å². The van der Waals surface area contributed by atoms with Gasteiger partial charge in [0.2, 0.25) is 0 Å². The standard InChI is InChI=1S/C17H17F2N3O2/c1-24-9-12-15-11-7-10(19)3-4-13(11)22-14(15)8-21-16(12)17(23)20-6-2-5-18/h3-4,7-8,22H,2,5-6,9H2,1H3,(H,20,23). The van der Waals surface area contributed by atoms with Crippen LogP contribution >= 0.6 is 0 Å². The van der Waals surface area contributed by atoms with Gasteiger partial charge in [-0.25, -0.2) is 9.37 Å². The first-order valence-electron chi connectivity index (χ1n) is 7.57. The zero-order chi connectivity index (χ0) is 17.1. The lowest BCUT2D eigenvalue weighted by molar-refractivity contribution is 0.0942. The van der Waals surface area contributed by atoms with E-state index in [-0.39, 0.29) is 31.1 Å². The van der Waals surface area contributed by atoms with Crippen molar-refractivity contribution in [3.63, 3.8) is 0 Å². The maximum absolute atomic E-state index is 13.6. The van der Waals surface area contributed by atoms with Gasteiger partial charge < -0.3 is 15.0 Å². The first kappa shape index (κ1) is 16.3. The van der Waals surface area contributed by atoms with E-state index in [1.165, 1.54) is 25.4 Å². The summed E-state index contributed by atoms with van der Waals surface area (Å²) in [5.74, 6) is -0.763. The summed E-state index contributed by atoms with van der Waals surface area (Å²) < 4.78 is 31.1. The number of carbonyl (C=O) groups is 1. The van der Waals surface area contributed by atoms with Gasteiger partial charge in [0.1, 0.15) is 11.5 Å². The summed E-state index contributed by atoms with van der Waals surface area (Å²) in [7, 11) is 1.51. The molecule has 0 saturated heterocycles. The second kappa shape index (κ2) is 6.92. The number of nitrogens with one attached hydrogen (secondary N) is 2. The van der Waals surface area contributed by atoms with Crippen LogP contribution in [0.4, 0.5) is 8.78 Å². The minimum Gasteiger partial charge on any atom is -0.380 e. The Morgan fingerprint density at radius 2 is 2.21 bits per heavy atom. The molecule has 0 radical (unpaired) electrons. The molecular weight excluding hydrogens is 316 g/mol. The van der Waals surface area contributed by atoms with Crippen LogP contribution in [0.3, 0.4) is 0 Å². The number of carbonyl (C=O) groups excluding carboxylic acids is 1. The third-order valence-corrected chi connectivity index (χ3v) is 3.80. The maximum Gasteiger partial charge on any atom is 0.270 e. The first-order chi connectivity index (χ1) is 11.7. The number of alkyl halides is 1. The molecule has 3 aromatic rings. The molecule has 7 heteroatoms. The van der Waals surface area contributed by atoms with E-state index in [4.69, 9.17) is 4.74 Å². The number of rotatable bonds is 6. The number of hydrogen-bond donors (Lipinski definition) is 2. The molecule has 24 heavy (non-hydrogen) atoms. The van der Waals surface area contributed by atoms with E-state index in [0.29, 0.717) is 21.9 Å². The van der Waals surface area contributed by atoms with Gasteiger partial charge in [-0.1, -0.05) is 0 Å². The van der Waals surface area contributed by atoms with Crippen molar-refractivity contribution < 1.29 is 18.3 Å². The van der Waals surface area contributed by atoms with Gasteiger partial charge in [0, 0.05) is 35.5 Å². The molecule has 0 spiro atoms. The molecule has 0 unspecified atom stereocenters. The van der Waals surface area contributed by atoms with Gasteiger partial charge in [0.15, 0.2) is 0 Å². The molecule has 126 valence electrons. The molecule has 1 amide bonds. The average molecular weight is 333 g/mol. The van der Waals surface area contributed by atoms with Crippen LogP contribution in [0.5, 0.6) is 0 Å². The molecular formula is C17H17F2N3O2. The van der Waals surface area contributed by atoms with Crippen molar-refractivity contribution in [2.45, 2.75) is 13.0 Å². The number of H-pyrrole nitrogens is 1. The van der Waals surface area contributed by atoms with Crippen LogP contribution in [0.25, 0.3) is 21.8 Å². The van der Waals surface area contributed by atoms with Crippen LogP contribution in [0.15, 0.2) is 24.4 Å². The smallest absolute Gasteiger partial charge is 0.270 e. The molecule has 2 N–H and O–H groups in total. The van der Waals surface area contributed by atoms with Crippen LogP contribution in [-0.4, -0.2) is 36.2 Å². The summed E-state index contributed by atoms with van der Waals surface area (Å²) in [5, 5.41) is 4.00. The summed E-state index contributed by atoms with van der Waals surface area (Å²) in [5.41, 5.74) is 2.22. The van der Waals surface area contributed by atoms with Crippen molar-refractivity contribution in [1.82, 2.24) is 15.3 Å². The van der Waals surface area contributed by atoms with Gasteiger partial charge in [-0.3, -0.25) is 9.18 Å². The van der Waals surface area contributed by atoms with Crippen LogP contribution in [0.2, 0.25) is 0 Å².